The average molecular weight is 682 g/mol. The first-order valence-electron chi connectivity index (χ1n) is 13.8. The van der Waals surface area contributed by atoms with Crippen LogP contribution in [0, 0.1) is 0 Å². The first-order valence-corrected chi connectivity index (χ1v) is 16.1. The van der Waals surface area contributed by atoms with Crippen LogP contribution in [0.15, 0.2) is 39.8 Å². The molecule has 3 atom stereocenters. The molecule has 0 radical (unpaired) electrons. The number of amides is 3. The zero-order chi connectivity index (χ0) is 33.8. The number of rotatable bonds is 13. The SMILES string of the molecule is CN(C)C(=O)[C@@H]1C[C@H](N=C(N)c2ccc(OCCO/N=C(\C(=O)N[C@@H]3C(=O)N(OS(=O)(=O)O)C3(C)C)c3csc(N)n3)cc2)CN1. The third-order valence-corrected chi connectivity index (χ3v) is 8.03. The van der Waals surface area contributed by atoms with Crippen LogP contribution in [0.2, 0.25) is 0 Å². The van der Waals surface area contributed by atoms with Crippen molar-refractivity contribution in [1.82, 2.24) is 25.6 Å². The van der Waals surface area contributed by atoms with Crippen molar-refractivity contribution in [3.8, 4) is 5.75 Å². The van der Waals surface area contributed by atoms with Crippen LogP contribution in [0.25, 0.3) is 0 Å². The van der Waals surface area contributed by atoms with Gasteiger partial charge in [-0.15, -0.1) is 15.6 Å². The molecule has 0 unspecified atom stereocenters. The highest BCUT2D eigenvalue weighted by molar-refractivity contribution is 7.80. The molecule has 250 valence electrons. The third kappa shape index (κ3) is 8.26. The second-order valence-electron chi connectivity index (χ2n) is 11.0. The van der Waals surface area contributed by atoms with Crippen molar-refractivity contribution in [3.05, 3.63) is 40.9 Å². The zero-order valence-corrected chi connectivity index (χ0v) is 27.0. The number of carbonyl (C=O) groups excluding carboxylic acids is 3. The van der Waals surface area contributed by atoms with Crippen LogP contribution >= 0.6 is 11.3 Å². The minimum atomic E-state index is -4.96. The van der Waals surface area contributed by atoms with E-state index >= 15 is 0 Å². The van der Waals surface area contributed by atoms with Gasteiger partial charge in [0.2, 0.25) is 5.91 Å². The lowest BCUT2D eigenvalue weighted by Gasteiger charge is -2.50. The van der Waals surface area contributed by atoms with E-state index in [4.69, 9.17) is 25.6 Å². The van der Waals surface area contributed by atoms with Gasteiger partial charge in [-0.25, -0.2) is 4.98 Å². The minimum absolute atomic E-state index is 0.00273. The number of likely N-dealkylation sites (N-methyl/N-ethyl adjacent to an activating group) is 1. The predicted octanol–water partition coefficient (Wildman–Crippen LogP) is -1.11. The summed E-state index contributed by atoms with van der Waals surface area (Å²) in [4.78, 5) is 53.1. The predicted molar refractivity (Wildman–Crippen MR) is 166 cm³/mol. The topological polar surface area (TPSA) is 253 Å². The number of nitrogens with zero attached hydrogens (tertiary/aromatic N) is 5. The number of ether oxygens (including phenoxy) is 1. The van der Waals surface area contributed by atoms with E-state index in [-0.39, 0.29) is 47.7 Å². The summed E-state index contributed by atoms with van der Waals surface area (Å²) in [5.41, 5.74) is 11.0. The number of hydrogen-bond acceptors (Lipinski definition) is 14. The van der Waals surface area contributed by atoms with E-state index in [0.29, 0.717) is 35.2 Å². The van der Waals surface area contributed by atoms with Crippen LogP contribution in [0.3, 0.4) is 0 Å². The van der Waals surface area contributed by atoms with Gasteiger partial charge in [0.05, 0.1) is 17.6 Å². The second kappa shape index (κ2) is 14.0. The number of benzene rings is 1. The molecule has 2 fully saturated rings. The van der Waals surface area contributed by atoms with E-state index in [9.17, 15) is 22.8 Å². The molecule has 1 aromatic heterocycles. The van der Waals surface area contributed by atoms with E-state index in [1.807, 2.05) is 0 Å². The molecule has 20 heteroatoms. The summed E-state index contributed by atoms with van der Waals surface area (Å²) in [6.07, 6.45) is 0.557. The summed E-state index contributed by atoms with van der Waals surface area (Å²) in [5, 5.41) is 11.5. The molecule has 3 heterocycles. The molecule has 2 saturated heterocycles. The fourth-order valence-corrected chi connectivity index (χ4v) is 5.64. The fourth-order valence-electron chi connectivity index (χ4n) is 4.64. The van der Waals surface area contributed by atoms with Crippen LogP contribution in [0.4, 0.5) is 5.13 Å². The maximum absolute atomic E-state index is 13.1. The number of anilines is 1. The number of β-lactam (4-membered cyclic amide) rings is 1. The number of hydrogen-bond donors (Lipinski definition) is 5. The minimum Gasteiger partial charge on any atom is -0.490 e. The number of aliphatic imine (C=N–C) groups is 1. The Morgan fingerprint density at radius 2 is 1.96 bits per heavy atom. The van der Waals surface area contributed by atoms with Gasteiger partial charge in [-0.2, -0.15) is 13.5 Å². The van der Waals surface area contributed by atoms with Crippen molar-refractivity contribution in [2.24, 2.45) is 15.9 Å². The quantitative estimate of drug-likeness (QED) is 0.0420. The number of amidine groups is 1. The monoisotopic (exact) mass is 681 g/mol. The van der Waals surface area contributed by atoms with Crippen molar-refractivity contribution in [3.63, 3.8) is 0 Å². The molecule has 18 nitrogen and oxygen atoms in total. The summed E-state index contributed by atoms with van der Waals surface area (Å²) in [6, 6.07) is 5.28. The van der Waals surface area contributed by atoms with Crippen LogP contribution < -0.4 is 26.8 Å². The normalized spacial score (nSPS) is 21.5. The van der Waals surface area contributed by atoms with Gasteiger partial charge in [-0.3, -0.25) is 23.9 Å². The molecule has 0 spiro atoms. The first kappa shape index (κ1) is 34.5. The molecule has 0 saturated carbocycles. The molecule has 46 heavy (non-hydrogen) atoms. The third-order valence-electron chi connectivity index (χ3n) is 7.02. The summed E-state index contributed by atoms with van der Waals surface area (Å²) >= 11 is 1.05. The van der Waals surface area contributed by atoms with Gasteiger partial charge in [0.15, 0.2) is 17.5 Å². The van der Waals surface area contributed by atoms with Crippen LogP contribution in [-0.4, -0.2) is 115 Å². The second-order valence-corrected chi connectivity index (χ2v) is 12.9. The van der Waals surface area contributed by atoms with Crippen molar-refractivity contribution in [2.75, 3.05) is 39.6 Å². The molecule has 1 aromatic carbocycles. The first-order chi connectivity index (χ1) is 21.6. The lowest BCUT2D eigenvalue weighted by atomic mass is 9.84. The smallest absolute Gasteiger partial charge is 0.418 e. The maximum Gasteiger partial charge on any atom is 0.418 e. The summed E-state index contributed by atoms with van der Waals surface area (Å²) < 4.78 is 41.0. The van der Waals surface area contributed by atoms with Gasteiger partial charge in [0, 0.05) is 31.6 Å². The van der Waals surface area contributed by atoms with Gasteiger partial charge < -0.3 is 36.6 Å². The lowest BCUT2D eigenvalue weighted by Crippen LogP contribution is -2.76. The number of nitrogens with two attached hydrogens (primary N) is 2. The van der Waals surface area contributed by atoms with Crippen molar-refractivity contribution >= 4 is 56.1 Å². The molecule has 0 bridgehead atoms. The number of nitrogen functional groups attached to an aromatic ring is 1. The highest BCUT2D eigenvalue weighted by atomic mass is 32.3. The molecule has 4 rings (SSSR count). The van der Waals surface area contributed by atoms with E-state index in [0.717, 1.165) is 11.3 Å². The number of nitrogens with one attached hydrogen (secondary N) is 2. The Kier molecular flexibility index (Phi) is 10.5. The average Bonchev–Trinajstić information content (AvgIpc) is 3.64. The Morgan fingerprint density at radius 1 is 1.26 bits per heavy atom. The zero-order valence-electron chi connectivity index (χ0n) is 25.4. The van der Waals surface area contributed by atoms with E-state index < -0.39 is 33.8 Å². The summed E-state index contributed by atoms with van der Waals surface area (Å²) in [7, 11) is -1.54. The number of thiazole rings is 1. The van der Waals surface area contributed by atoms with Gasteiger partial charge in [-0.05, 0) is 44.5 Å². The molecular weight excluding hydrogens is 646 g/mol. The standard InChI is InChI=1S/C26H35N9O9S2/c1-26(2)20(24(38)35(26)44-46(39,40)41)32-22(36)19(18-13-45-25(28)31-18)33-43-10-9-42-16-7-5-14(6-8-16)21(27)30-15-11-17(29-12-15)23(37)34(3)4/h5-8,13,15,17,20,29H,9-12H2,1-4H3,(H2,27,30)(H2,28,31)(H,32,36)(H,39,40,41)/b33-19-/t15-,17-,20+/m0/s1. The Bertz CT molecular complexity index is 1620. The molecule has 0 aliphatic carbocycles. The molecule has 2 aromatic rings. The molecule has 2 aliphatic heterocycles. The van der Waals surface area contributed by atoms with Crippen LogP contribution in [0.5, 0.6) is 5.75 Å². The molecule has 2 aliphatic rings. The Balaban J connectivity index is 1.30. The maximum atomic E-state index is 13.1. The molecule has 3 amide bonds. The number of oxime groups is 1. The Labute approximate surface area is 268 Å². The summed E-state index contributed by atoms with van der Waals surface area (Å²) in [6.45, 7) is 3.36. The van der Waals surface area contributed by atoms with E-state index in [1.54, 1.807) is 43.3 Å². The summed E-state index contributed by atoms with van der Waals surface area (Å²) in [5.74, 6) is -0.921. The van der Waals surface area contributed by atoms with E-state index in [1.165, 1.54) is 19.2 Å². The highest BCUT2D eigenvalue weighted by Gasteiger charge is 2.58. The van der Waals surface area contributed by atoms with Crippen LogP contribution in [0.1, 0.15) is 31.5 Å². The van der Waals surface area contributed by atoms with Gasteiger partial charge in [-0.1, -0.05) is 5.16 Å². The van der Waals surface area contributed by atoms with Crippen LogP contribution in [-0.2, 0) is 33.9 Å². The number of aromatic nitrogens is 1. The molecule has 7 N–H and O–H groups in total. The lowest BCUT2D eigenvalue weighted by molar-refractivity contribution is -0.218. The number of carbonyl (C=O) groups is 3. The Morgan fingerprint density at radius 3 is 2.54 bits per heavy atom. The van der Waals surface area contributed by atoms with Crippen molar-refractivity contribution in [2.45, 2.75) is 43.9 Å². The number of hydroxylamine groups is 2. The van der Waals surface area contributed by atoms with Gasteiger partial charge >= 0.3 is 10.4 Å². The molecular formula is C26H35N9O9S2. The van der Waals surface area contributed by atoms with E-state index in [2.05, 4.69) is 30.0 Å². The van der Waals surface area contributed by atoms with Crippen molar-refractivity contribution in [1.29, 1.82) is 0 Å². The fraction of sp³-hybridized carbons (Fsp3) is 0.462. The Hall–Kier alpha value is -4.37. The van der Waals surface area contributed by atoms with Crippen molar-refractivity contribution < 1.29 is 41.2 Å². The highest BCUT2D eigenvalue weighted by Crippen LogP contribution is 2.33. The van der Waals surface area contributed by atoms with Gasteiger partial charge in [0.1, 0.15) is 29.9 Å². The largest absolute Gasteiger partial charge is 0.490 e. The van der Waals surface area contributed by atoms with Gasteiger partial charge in [0.25, 0.3) is 11.8 Å².